The van der Waals surface area contributed by atoms with Crippen LogP contribution in [0.4, 0.5) is 16.2 Å². The average Bonchev–Trinajstić information content (AvgIpc) is 3.25. The van der Waals surface area contributed by atoms with E-state index in [-0.39, 0.29) is 13.1 Å². The molecule has 0 bridgehead atoms. The number of nitrogens with zero attached hydrogens (tertiary/aromatic N) is 2. The third-order valence-electron chi connectivity index (χ3n) is 4.99. The molecule has 2 N–H and O–H groups in total. The van der Waals surface area contributed by atoms with Gasteiger partial charge in [-0.1, -0.05) is 6.07 Å². The summed E-state index contributed by atoms with van der Waals surface area (Å²) < 4.78 is 5.36. The Labute approximate surface area is 172 Å². The molecule has 1 aromatic carbocycles. The van der Waals surface area contributed by atoms with E-state index in [1.807, 2.05) is 41.8 Å². The van der Waals surface area contributed by atoms with Crippen LogP contribution in [0.25, 0.3) is 0 Å². The number of benzene rings is 1. The van der Waals surface area contributed by atoms with Gasteiger partial charge in [-0.3, -0.25) is 14.5 Å². The molecule has 2 saturated heterocycles. The Kier molecular flexibility index (Phi) is 5.77. The van der Waals surface area contributed by atoms with E-state index in [9.17, 15) is 14.4 Å². The second kappa shape index (κ2) is 8.62. The summed E-state index contributed by atoms with van der Waals surface area (Å²) in [5.41, 5.74) is 1.68. The first kappa shape index (κ1) is 19.4. The van der Waals surface area contributed by atoms with Crippen LogP contribution in [-0.4, -0.2) is 55.6 Å². The fourth-order valence-electron chi connectivity index (χ4n) is 3.38. The average molecular weight is 414 g/mol. The summed E-state index contributed by atoms with van der Waals surface area (Å²) in [7, 11) is 0. The number of rotatable bonds is 5. The van der Waals surface area contributed by atoms with E-state index in [0.717, 1.165) is 28.6 Å². The highest BCUT2D eigenvalue weighted by Gasteiger charge is 2.38. The van der Waals surface area contributed by atoms with Gasteiger partial charge in [-0.2, -0.15) is 0 Å². The number of anilines is 2. The Bertz CT molecular complexity index is 878. The highest BCUT2D eigenvalue weighted by Crippen LogP contribution is 2.21. The minimum Gasteiger partial charge on any atom is -0.378 e. The molecule has 8 nitrogen and oxygen atoms in total. The van der Waals surface area contributed by atoms with Crippen molar-refractivity contribution in [3.05, 3.63) is 46.7 Å². The highest BCUT2D eigenvalue weighted by molar-refractivity contribution is 7.09. The lowest BCUT2D eigenvalue weighted by atomic mass is 10.0. The summed E-state index contributed by atoms with van der Waals surface area (Å²) in [6, 6.07) is 10.8. The van der Waals surface area contributed by atoms with Gasteiger partial charge in [0, 0.05) is 35.9 Å². The van der Waals surface area contributed by atoms with Gasteiger partial charge in [0.25, 0.3) is 0 Å². The maximum Gasteiger partial charge on any atom is 0.324 e. The van der Waals surface area contributed by atoms with Gasteiger partial charge in [-0.15, -0.1) is 11.3 Å². The predicted octanol–water partition coefficient (Wildman–Crippen LogP) is 1.89. The van der Waals surface area contributed by atoms with Gasteiger partial charge in [0.15, 0.2) is 0 Å². The number of hydrogen-bond acceptors (Lipinski definition) is 6. The summed E-state index contributed by atoms with van der Waals surface area (Å²) in [4.78, 5) is 41.7. The molecule has 0 saturated carbocycles. The molecular formula is C20H22N4O4S. The molecule has 0 radical (unpaired) electrons. The Morgan fingerprint density at radius 1 is 1.17 bits per heavy atom. The van der Waals surface area contributed by atoms with Gasteiger partial charge in [-0.25, -0.2) is 4.79 Å². The molecule has 2 aromatic rings. The van der Waals surface area contributed by atoms with Crippen molar-refractivity contribution >= 4 is 40.6 Å². The molecule has 152 valence electrons. The lowest BCUT2D eigenvalue weighted by molar-refractivity contribution is -0.139. The van der Waals surface area contributed by atoms with Crippen molar-refractivity contribution in [2.24, 2.45) is 5.92 Å². The number of hydrogen-bond donors (Lipinski definition) is 2. The first-order chi connectivity index (χ1) is 14.1. The van der Waals surface area contributed by atoms with E-state index < -0.39 is 23.8 Å². The van der Waals surface area contributed by atoms with Crippen LogP contribution >= 0.6 is 11.3 Å². The smallest absolute Gasteiger partial charge is 0.324 e. The zero-order chi connectivity index (χ0) is 20.2. The minimum atomic E-state index is -0.952. The predicted molar refractivity (Wildman–Crippen MR) is 110 cm³/mol. The van der Waals surface area contributed by atoms with Gasteiger partial charge in [0.05, 0.1) is 19.8 Å². The number of imide groups is 1. The van der Waals surface area contributed by atoms with Gasteiger partial charge >= 0.3 is 6.03 Å². The number of carbonyl (C=O) groups excluding carboxylic acids is 3. The molecule has 2 aliphatic rings. The summed E-state index contributed by atoms with van der Waals surface area (Å²) in [6.07, 6.45) is 0. The third-order valence-corrected chi connectivity index (χ3v) is 5.85. The number of urea groups is 1. The first-order valence-corrected chi connectivity index (χ1v) is 10.3. The van der Waals surface area contributed by atoms with E-state index >= 15 is 0 Å². The largest absolute Gasteiger partial charge is 0.378 e. The fourth-order valence-corrected chi connectivity index (χ4v) is 4.07. The molecule has 4 rings (SSSR count). The van der Waals surface area contributed by atoms with Crippen LogP contribution in [0, 0.1) is 5.92 Å². The molecule has 2 fully saturated rings. The second-order valence-corrected chi connectivity index (χ2v) is 7.91. The van der Waals surface area contributed by atoms with E-state index in [2.05, 4.69) is 15.5 Å². The number of ether oxygens (including phenoxy) is 1. The summed E-state index contributed by atoms with van der Waals surface area (Å²) in [6.45, 7) is 3.24. The van der Waals surface area contributed by atoms with Crippen LogP contribution in [0.3, 0.4) is 0 Å². The number of nitrogens with one attached hydrogen (secondary N) is 2. The quantitative estimate of drug-likeness (QED) is 0.729. The van der Waals surface area contributed by atoms with Gasteiger partial charge in [0.2, 0.25) is 11.8 Å². The highest BCUT2D eigenvalue weighted by atomic mass is 32.1. The van der Waals surface area contributed by atoms with Crippen molar-refractivity contribution in [1.29, 1.82) is 0 Å². The third kappa shape index (κ3) is 4.41. The Balaban J connectivity index is 1.39. The Morgan fingerprint density at radius 2 is 1.93 bits per heavy atom. The molecule has 29 heavy (non-hydrogen) atoms. The van der Waals surface area contributed by atoms with Crippen LogP contribution in [0.2, 0.25) is 0 Å². The van der Waals surface area contributed by atoms with Crippen LogP contribution in [0.15, 0.2) is 41.8 Å². The molecule has 0 spiro atoms. The van der Waals surface area contributed by atoms with E-state index in [1.165, 1.54) is 11.3 Å². The molecule has 1 atom stereocenters. The van der Waals surface area contributed by atoms with Crippen LogP contribution in [0.5, 0.6) is 0 Å². The SMILES string of the molecule is O=C(Nc1ccc(N2CCOCC2)cc1)C1CNC(=O)N(Cc2cccs2)C1=O. The molecule has 9 heteroatoms. The standard InChI is InChI=1S/C20H22N4O4S/c25-18(22-14-3-5-15(6-4-14)23-7-9-28-10-8-23)17-12-21-20(27)24(19(17)26)13-16-2-1-11-29-16/h1-6,11,17H,7-10,12-13H2,(H,21,27)(H,22,25). The lowest BCUT2D eigenvalue weighted by Gasteiger charge is -2.30. The molecule has 0 aliphatic carbocycles. The van der Waals surface area contributed by atoms with Gasteiger partial charge < -0.3 is 20.3 Å². The normalized spacial score (nSPS) is 19.8. The number of amides is 4. The van der Waals surface area contributed by atoms with Crippen LogP contribution in [0.1, 0.15) is 4.88 Å². The Hall–Kier alpha value is -2.91. The van der Waals surface area contributed by atoms with Crippen LogP contribution in [-0.2, 0) is 20.9 Å². The Morgan fingerprint density at radius 3 is 2.62 bits per heavy atom. The van der Waals surface area contributed by atoms with Crippen molar-refractivity contribution in [3.8, 4) is 0 Å². The molecule has 4 amide bonds. The first-order valence-electron chi connectivity index (χ1n) is 9.47. The molecule has 3 heterocycles. The van der Waals surface area contributed by atoms with Crippen molar-refractivity contribution in [2.45, 2.75) is 6.54 Å². The van der Waals surface area contributed by atoms with E-state index in [1.54, 1.807) is 0 Å². The van der Waals surface area contributed by atoms with Gasteiger partial charge in [-0.05, 0) is 35.7 Å². The minimum absolute atomic E-state index is 0.00367. The zero-order valence-corrected chi connectivity index (χ0v) is 16.6. The molecule has 2 aliphatic heterocycles. The van der Waals surface area contributed by atoms with Crippen molar-refractivity contribution in [3.63, 3.8) is 0 Å². The van der Waals surface area contributed by atoms with Gasteiger partial charge in [0.1, 0.15) is 5.92 Å². The van der Waals surface area contributed by atoms with E-state index in [0.29, 0.717) is 18.9 Å². The molecule has 1 aromatic heterocycles. The van der Waals surface area contributed by atoms with Crippen molar-refractivity contribution < 1.29 is 19.1 Å². The van der Waals surface area contributed by atoms with E-state index in [4.69, 9.17) is 4.74 Å². The number of thiophene rings is 1. The maximum atomic E-state index is 12.7. The maximum absolute atomic E-state index is 12.7. The topological polar surface area (TPSA) is 91.0 Å². The second-order valence-electron chi connectivity index (χ2n) is 6.88. The zero-order valence-electron chi connectivity index (χ0n) is 15.8. The monoisotopic (exact) mass is 414 g/mol. The fraction of sp³-hybridized carbons (Fsp3) is 0.350. The summed E-state index contributed by atoms with van der Waals surface area (Å²) in [5, 5.41) is 7.30. The van der Waals surface area contributed by atoms with Crippen molar-refractivity contribution in [2.75, 3.05) is 43.1 Å². The van der Waals surface area contributed by atoms with Crippen molar-refractivity contribution in [1.82, 2.24) is 10.2 Å². The number of morpholine rings is 1. The lowest BCUT2D eigenvalue weighted by Crippen LogP contribution is -2.57. The summed E-state index contributed by atoms with van der Waals surface area (Å²) >= 11 is 1.46. The summed E-state index contributed by atoms with van der Waals surface area (Å²) in [5.74, 6) is -1.86. The van der Waals surface area contributed by atoms with Crippen LogP contribution < -0.4 is 15.5 Å². The molecule has 1 unspecified atom stereocenters. The number of carbonyl (C=O) groups is 3. The molecular weight excluding hydrogens is 392 g/mol.